The van der Waals surface area contributed by atoms with Gasteiger partial charge in [-0.2, -0.15) is 13.2 Å². The van der Waals surface area contributed by atoms with Crippen LogP contribution in [0.2, 0.25) is 0 Å². The Morgan fingerprint density at radius 3 is 1.26 bits per heavy atom. The van der Waals surface area contributed by atoms with E-state index in [4.69, 9.17) is 0 Å². The Labute approximate surface area is 391 Å². The SMILES string of the molecule is Cc1cc(N2C(=O)c3ccc(-c4ccc5c(c4)C(=O)N(C)C5=O)cc3C2=O)ccc1-c1ccc(N2C(=O)c3ccc(-c4ccc5c(c4)C(=O)N(C4CCC(C)CC4)C5=O)cc3C2=O)cc1C(F)(F)F. The molecule has 1 saturated carbocycles. The number of fused-ring (bicyclic) bond motifs is 4. The number of nitrogens with zero attached hydrogens (tertiary/aromatic N) is 4. The van der Waals surface area contributed by atoms with Crippen LogP contribution in [0, 0.1) is 12.8 Å². The maximum absolute atomic E-state index is 15.0. The van der Waals surface area contributed by atoms with E-state index < -0.39 is 47.2 Å². The first-order valence-electron chi connectivity index (χ1n) is 22.3. The lowest BCUT2D eigenvalue weighted by Crippen LogP contribution is -2.41. The van der Waals surface area contributed by atoms with Crippen molar-refractivity contribution in [1.82, 2.24) is 9.80 Å². The van der Waals surface area contributed by atoms with Gasteiger partial charge in [0, 0.05) is 13.1 Å². The first-order valence-corrected chi connectivity index (χ1v) is 22.3. The Morgan fingerprint density at radius 2 is 0.783 bits per heavy atom. The summed E-state index contributed by atoms with van der Waals surface area (Å²) in [7, 11) is 1.38. The van der Waals surface area contributed by atoms with Gasteiger partial charge in [-0.3, -0.25) is 48.2 Å². The molecule has 8 amide bonds. The van der Waals surface area contributed by atoms with Gasteiger partial charge in [0.05, 0.1) is 61.4 Å². The van der Waals surface area contributed by atoms with Crippen molar-refractivity contribution in [3.63, 3.8) is 0 Å². The van der Waals surface area contributed by atoms with Gasteiger partial charge in [-0.25, -0.2) is 9.80 Å². The third-order valence-corrected chi connectivity index (χ3v) is 14.1. The van der Waals surface area contributed by atoms with Gasteiger partial charge in [-0.1, -0.05) is 43.3 Å². The zero-order valence-electron chi connectivity index (χ0n) is 37.1. The molecule has 1 fully saturated rings. The number of rotatable bonds is 6. The van der Waals surface area contributed by atoms with Gasteiger partial charge >= 0.3 is 6.18 Å². The molecule has 0 bridgehead atoms. The maximum Gasteiger partial charge on any atom is 0.417 e. The molecule has 0 N–H and O–H groups in total. The molecule has 11 rings (SSSR count). The summed E-state index contributed by atoms with van der Waals surface area (Å²) >= 11 is 0. The van der Waals surface area contributed by atoms with Crippen molar-refractivity contribution in [2.45, 2.75) is 51.7 Å². The maximum atomic E-state index is 15.0. The molecule has 0 atom stereocenters. The van der Waals surface area contributed by atoms with Crippen LogP contribution in [0.5, 0.6) is 0 Å². The molecular formula is C54H37F3N4O8. The average Bonchev–Trinajstić information content (AvgIpc) is 3.93. The number of hydrogen-bond acceptors (Lipinski definition) is 8. The molecule has 0 radical (unpaired) electrons. The topological polar surface area (TPSA) is 150 Å². The highest BCUT2D eigenvalue weighted by Gasteiger charge is 2.43. The molecule has 0 saturated heterocycles. The fourth-order valence-electron chi connectivity index (χ4n) is 10.4. The van der Waals surface area contributed by atoms with Gasteiger partial charge in [0.15, 0.2) is 0 Å². The Kier molecular flexibility index (Phi) is 9.62. The third-order valence-electron chi connectivity index (χ3n) is 14.1. The van der Waals surface area contributed by atoms with Crippen LogP contribution in [0.4, 0.5) is 24.5 Å². The van der Waals surface area contributed by atoms with Crippen molar-refractivity contribution in [3.8, 4) is 33.4 Å². The van der Waals surface area contributed by atoms with Crippen molar-refractivity contribution in [3.05, 3.63) is 165 Å². The highest BCUT2D eigenvalue weighted by atomic mass is 19.4. The van der Waals surface area contributed by atoms with Gasteiger partial charge in [-0.15, -0.1) is 0 Å². The van der Waals surface area contributed by atoms with Crippen molar-refractivity contribution >= 4 is 58.6 Å². The molecule has 0 aromatic heterocycles. The van der Waals surface area contributed by atoms with Crippen molar-refractivity contribution in [2.75, 3.05) is 16.8 Å². The molecule has 0 spiro atoms. The molecule has 15 heteroatoms. The number of imide groups is 4. The van der Waals surface area contributed by atoms with Crippen LogP contribution in [0.25, 0.3) is 33.4 Å². The van der Waals surface area contributed by atoms with Gasteiger partial charge in [0.25, 0.3) is 47.3 Å². The Morgan fingerprint density at radius 1 is 0.420 bits per heavy atom. The average molecular weight is 927 g/mol. The predicted octanol–water partition coefficient (Wildman–Crippen LogP) is 10.0. The summed E-state index contributed by atoms with van der Waals surface area (Å²) in [6.07, 6.45) is -1.66. The number of benzene rings is 6. The highest BCUT2D eigenvalue weighted by Crippen LogP contribution is 2.44. The minimum Gasteiger partial charge on any atom is -0.277 e. The minimum atomic E-state index is -4.96. The smallest absolute Gasteiger partial charge is 0.277 e. The highest BCUT2D eigenvalue weighted by molar-refractivity contribution is 6.36. The zero-order valence-corrected chi connectivity index (χ0v) is 37.1. The van der Waals surface area contributed by atoms with E-state index in [2.05, 4.69) is 6.92 Å². The molecule has 1 aliphatic carbocycles. The van der Waals surface area contributed by atoms with Crippen LogP contribution in [0.15, 0.2) is 109 Å². The molecule has 12 nitrogen and oxygen atoms in total. The van der Waals surface area contributed by atoms with E-state index in [0.717, 1.165) is 41.5 Å². The molecule has 4 aliphatic heterocycles. The normalized spacial score (nSPS) is 18.8. The summed E-state index contributed by atoms with van der Waals surface area (Å²) in [6.45, 7) is 3.68. The predicted molar refractivity (Wildman–Crippen MR) is 246 cm³/mol. The van der Waals surface area contributed by atoms with Crippen LogP contribution < -0.4 is 9.80 Å². The second-order valence-corrected chi connectivity index (χ2v) is 18.2. The van der Waals surface area contributed by atoms with Crippen molar-refractivity contribution in [2.24, 2.45) is 5.92 Å². The number of carbonyl (C=O) groups is 8. The van der Waals surface area contributed by atoms with E-state index in [1.54, 1.807) is 42.5 Å². The summed E-state index contributed by atoms with van der Waals surface area (Å²) in [5, 5.41) is 0. The molecule has 6 aromatic carbocycles. The second-order valence-electron chi connectivity index (χ2n) is 18.2. The summed E-state index contributed by atoms with van der Waals surface area (Å²) in [6, 6.07) is 25.7. The number of anilines is 2. The molecule has 4 heterocycles. The van der Waals surface area contributed by atoms with Crippen LogP contribution in [-0.2, 0) is 6.18 Å². The monoisotopic (exact) mass is 926 g/mol. The van der Waals surface area contributed by atoms with Crippen LogP contribution in [0.1, 0.15) is 127 Å². The standard InChI is InChI=1S/C54H37F3N4O8/c1-26-4-10-32(11-5-26)59-48(64)38-15-7-30(22-42(38)51(59)67)31-9-17-40-44(24-31)53(69)61(50(40)66)34-13-19-36(45(25-34)54(55,56)57)35-18-12-33(20-27(35)2)60-49(65)39-16-8-29(23-43(39)52(60)68)28-6-14-37-41(21-28)47(63)58(3)46(37)62/h6-9,12-26,32H,4-5,10-11H2,1-3H3. The van der Waals surface area contributed by atoms with Crippen LogP contribution in [-0.4, -0.2) is 70.1 Å². The largest absolute Gasteiger partial charge is 0.417 e. The summed E-state index contributed by atoms with van der Waals surface area (Å²) in [4.78, 5) is 111. The summed E-state index contributed by atoms with van der Waals surface area (Å²) < 4.78 is 45.0. The molecule has 342 valence electrons. The van der Waals surface area contributed by atoms with Crippen molar-refractivity contribution < 1.29 is 51.5 Å². The summed E-state index contributed by atoms with van der Waals surface area (Å²) in [5.74, 6) is -4.08. The molecule has 6 aromatic rings. The number of halogens is 3. The quantitative estimate of drug-likeness (QED) is 0.150. The van der Waals surface area contributed by atoms with Crippen molar-refractivity contribution in [1.29, 1.82) is 0 Å². The van der Waals surface area contributed by atoms with Crippen LogP contribution >= 0.6 is 0 Å². The fourth-order valence-corrected chi connectivity index (χ4v) is 10.4. The Hall–Kier alpha value is -8.33. The first-order chi connectivity index (χ1) is 32.9. The Balaban J connectivity index is 0.851. The lowest BCUT2D eigenvalue weighted by atomic mass is 9.86. The zero-order chi connectivity index (χ0) is 48.5. The second kappa shape index (κ2) is 15.4. The van der Waals surface area contributed by atoms with E-state index >= 15 is 13.2 Å². The van der Waals surface area contributed by atoms with Gasteiger partial charge in [-0.05, 0) is 150 Å². The van der Waals surface area contributed by atoms with Gasteiger partial charge < -0.3 is 0 Å². The van der Waals surface area contributed by atoms with Gasteiger partial charge in [0.1, 0.15) is 0 Å². The lowest BCUT2D eigenvalue weighted by Gasteiger charge is -2.32. The number of amides is 8. The lowest BCUT2D eigenvalue weighted by molar-refractivity contribution is -0.137. The minimum absolute atomic E-state index is 0.0206. The first kappa shape index (κ1) is 43.3. The molecule has 5 aliphatic rings. The summed E-state index contributed by atoms with van der Waals surface area (Å²) in [5.41, 5.74) is 1.92. The molecular weight excluding hydrogens is 890 g/mol. The third kappa shape index (κ3) is 6.58. The molecule has 69 heavy (non-hydrogen) atoms. The number of alkyl halides is 3. The molecule has 0 unspecified atom stereocenters. The van der Waals surface area contributed by atoms with E-state index in [1.807, 2.05) is 0 Å². The van der Waals surface area contributed by atoms with Gasteiger partial charge in [0.2, 0.25) is 0 Å². The number of aryl methyl sites for hydroxylation is 1. The Bertz CT molecular complexity index is 3420. The number of carbonyl (C=O) groups excluding carboxylic acids is 8. The fraction of sp³-hybridized carbons (Fsp3) is 0.185. The number of hydrogen-bond donors (Lipinski definition) is 0. The van der Waals surface area contributed by atoms with E-state index in [1.165, 1.54) is 79.5 Å². The van der Waals surface area contributed by atoms with E-state index in [0.29, 0.717) is 33.1 Å². The van der Waals surface area contributed by atoms with E-state index in [-0.39, 0.29) is 90.4 Å². The van der Waals surface area contributed by atoms with E-state index in [9.17, 15) is 38.4 Å². The van der Waals surface area contributed by atoms with Crippen LogP contribution in [0.3, 0.4) is 0 Å².